The van der Waals surface area contributed by atoms with Crippen molar-refractivity contribution < 1.29 is 31.4 Å². The molecule has 1 fully saturated rings. The summed E-state index contributed by atoms with van der Waals surface area (Å²) in [6, 6.07) is 3.92. The van der Waals surface area contributed by atoms with E-state index >= 15 is 0 Å². The van der Waals surface area contributed by atoms with E-state index in [1.165, 1.54) is 0 Å². The van der Waals surface area contributed by atoms with Crippen LogP contribution in [0.3, 0.4) is 0 Å². The normalized spacial score (nSPS) is 17.3. The number of alkyl halides is 3. The maximum Gasteiger partial charge on any atom is 0.573 e. The van der Waals surface area contributed by atoms with Gasteiger partial charge in [-0.2, -0.15) is 0 Å². The first kappa shape index (κ1) is 17.0. The van der Waals surface area contributed by atoms with E-state index in [1.54, 1.807) is 0 Å². The third-order valence-electron chi connectivity index (χ3n) is 3.27. The number of sulfonamides is 1. The molecule has 5 nitrogen and oxygen atoms in total. The molecular formula is C13H16F3NO4S. The van der Waals surface area contributed by atoms with Crippen molar-refractivity contribution in [1.82, 2.24) is 4.72 Å². The molecule has 0 saturated heterocycles. The van der Waals surface area contributed by atoms with Crippen molar-refractivity contribution in [3.05, 3.63) is 24.3 Å². The zero-order valence-corrected chi connectivity index (χ0v) is 12.3. The third-order valence-corrected chi connectivity index (χ3v) is 4.74. The molecule has 2 rings (SSSR count). The molecule has 2 N–H and O–H groups in total. The van der Waals surface area contributed by atoms with Crippen LogP contribution in [0.5, 0.6) is 5.75 Å². The molecule has 0 aromatic heterocycles. The summed E-state index contributed by atoms with van der Waals surface area (Å²) in [5.41, 5.74) is 0. The number of hydrogen-bond acceptors (Lipinski definition) is 4. The van der Waals surface area contributed by atoms with Gasteiger partial charge in [-0.05, 0) is 49.4 Å². The average molecular weight is 339 g/mol. The molecule has 0 radical (unpaired) electrons. The topological polar surface area (TPSA) is 75.6 Å². The minimum absolute atomic E-state index is 0.0702. The van der Waals surface area contributed by atoms with Crippen LogP contribution in [-0.4, -0.2) is 32.5 Å². The second kappa shape index (κ2) is 6.43. The molecule has 0 heterocycles. The third kappa shape index (κ3) is 5.15. The molecule has 124 valence electrons. The summed E-state index contributed by atoms with van der Waals surface area (Å²) >= 11 is 0. The quantitative estimate of drug-likeness (QED) is 0.797. The molecule has 0 unspecified atom stereocenters. The maximum absolute atomic E-state index is 12.0. The van der Waals surface area contributed by atoms with Gasteiger partial charge in [0.1, 0.15) is 5.75 Å². The Bertz CT molecular complexity index is 597. The summed E-state index contributed by atoms with van der Waals surface area (Å²) in [4.78, 5) is -0.164. The molecule has 1 saturated carbocycles. The first-order chi connectivity index (χ1) is 10.2. The Kier molecular flexibility index (Phi) is 4.98. The van der Waals surface area contributed by atoms with E-state index in [1.807, 2.05) is 0 Å². The van der Waals surface area contributed by atoms with Crippen LogP contribution in [0.25, 0.3) is 0 Å². The summed E-state index contributed by atoms with van der Waals surface area (Å²) in [7, 11) is -3.82. The molecule has 1 atom stereocenters. The lowest BCUT2D eigenvalue weighted by Gasteiger charge is -2.11. The van der Waals surface area contributed by atoms with Gasteiger partial charge in [-0.1, -0.05) is 0 Å². The number of aliphatic hydroxyl groups is 1. The van der Waals surface area contributed by atoms with Crippen LogP contribution < -0.4 is 9.46 Å². The van der Waals surface area contributed by atoms with Gasteiger partial charge in [0.15, 0.2) is 0 Å². The SMILES string of the molecule is O=S(=O)(NCC[C@@H](O)C1CC1)c1ccc(OC(F)(F)F)cc1. The number of ether oxygens (including phenoxy) is 1. The summed E-state index contributed by atoms with van der Waals surface area (Å²) in [5, 5.41) is 9.64. The van der Waals surface area contributed by atoms with E-state index < -0.39 is 28.2 Å². The van der Waals surface area contributed by atoms with E-state index in [0.717, 1.165) is 37.1 Å². The Hall–Kier alpha value is -1.32. The van der Waals surface area contributed by atoms with Crippen LogP contribution in [0.4, 0.5) is 13.2 Å². The lowest BCUT2D eigenvalue weighted by Crippen LogP contribution is -2.28. The molecule has 1 aromatic rings. The van der Waals surface area contributed by atoms with Gasteiger partial charge in [0.2, 0.25) is 10.0 Å². The molecule has 1 aliphatic carbocycles. The zero-order valence-electron chi connectivity index (χ0n) is 11.5. The summed E-state index contributed by atoms with van der Waals surface area (Å²) in [6.07, 6.45) is -3.13. The smallest absolute Gasteiger partial charge is 0.406 e. The minimum Gasteiger partial charge on any atom is -0.406 e. The van der Waals surface area contributed by atoms with E-state index in [-0.39, 0.29) is 17.4 Å². The Morgan fingerprint density at radius 2 is 1.86 bits per heavy atom. The minimum atomic E-state index is -4.82. The Balaban J connectivity index is 1.91. The molecule has 0 bridgehead atoms. The van der Waals surface area contributed by atoms with E-state index in [4.69, 9.17) is 0 Å². The molecule has 0 amide bonds. The number of halogens is 3. The van der Waals surface area contributed by atoms with Gasteiger partial charge in [-0.3, -0.25) is 0 Å². The van der Waals surface area contributed by atoms with Crippen LogP contribution in [0.1, 0.15) is 19.3 Å². The molecular weight excluding hydrogens is 323 g/mol. The summed E-state index contributed by atoms with van der Waals surface area (Å²) in [5.74, 6) is -0.237. The first-order valence-corrected chi connectivity index (χ1v) is 8.19. The van der Waals surface area contributed by atoms with Crippen LogP contribution in [0.2, 0.25) is 0 Å². The Labute approximate surface area is 126 Å². The average Bonchev–Trinajstić information content (AvgIpc) is 3.21. The standard InChI is InChI=1S/C13H16F3NO4S/c14-13(15,16)21-10-3-5-11(6-4-10)22(19,20)17-8-7-12(18)9-1-2-9/h3-6,9,12,17-18H,1-2,7-8H2/t12-/m1/s1. The van der Waals surface area contributed by atoms with Gasteiger partial charge in [0.05, 0.1) is 11.0 Å². The van der Waals surface area contributed by atoms with Gasteiger partial charge < -0.3 is 9.84 Å². The van der Waals surface area contributed by atoms with Gasteiger partial charge in [-0.15, -0.1) is 13.2 Å². The van der Waals surface area contributed by atoms with Crippen molar-refractivity contribution in [2.75, 3.05) is 6.54 Å². The predicted octanol–water partition coefficient (Wildman–Crippen LogP) is 2.02. The van der Waals surface area contributed by atoms with E-state index in [2.05, 4.69) is 9.46 Å². The van der Waals surface area contributed by atoms with Crippen LogP contribution >= 0.6 is 0 Å². The van der Waals surface area contributed by atoms with E-state index in [0.29, 0.717) is 6.42 Å². The van der Waals surface area contributed by atoms with Crippen molar-refractivity contribution >= 4 is 10.0 Å². The highest BCUT2D eigenvalue weighted by Crippen LogP contribution is 2.33. The highest BCUT2D eigenvalue weighted by Gasteiger charge is 2.31. The van der Waals surface area contributed by atoms with Crippen molar-refractivity contribution in [3.63, 3.8) is 0 Å². The van der Waals surface area contributed by atoms with Crippen molar-refractivity contribution in [2.24, 2.45) is 5.92 Å². The Morgan fingerprint density at radius 3 is 2.36 bits per heavy atom. The second-order valence-corrected chi connectivity index (χ2v) is 6.88. The number of aliphatic hydroxyl groups excluding tert-OH is 1. The largest absolute Gasteiger partial charge is 0.573 e. The number of nitrogens with one attached hydrogen (secondary N) is 1. The highest BCUT2D eigenvalue weighted by atomic mass is 32.2. The summed E-state index contributed by atoms with van der Waals surface area (Å²) in [6.45, 7) is 0.0702. The maximum atomic E-state index is 12.0. The molecule has 9 heteroatoms. The molecule has 1 aromatic carbocycles. The number of benzene rings is 1. The first-order valence-electron chi connectivity index (χ1n) is 6.71. The zero-order chi connectivity index (χ0) is 16.4. The molecule has 0 spiro atoms. The fourth-order valence-electron chi connectivity index (χ4n) is 1.96. The monoisotopic (exact) mass is 339 g/mol. The fourth-order valence-corrected chi connectivity index (χ4v) is 3.01. The lowest BCUT2D eigenvalue weighted by molar-refractivity contribution is -0.274. The fraction of sp³-hybridized carbons (Fsp3) is 0.538. The number of rotatable bonds is 7. The van der Waals surface area contributed by atoms with E-state index in [9.17, 15) is 26.7 Å². The molecule has 1 aliphatic rings. The number of hydrogen-bond donors (Lipinski definition) is 2. The van der Waals surface area contributed by atoms with Crippen LogP contribution in [0, 0.1) is 5.92 Å². The lowest BCUT2D eigenvalue weighted by atomic mass is 10.2. The molecule has 0 aliphatic heterocycles. The van der Waals surface area contributed by atoms with Crippen molar-refractivity contribution in [1.29, 1.82) is 0 Å². The van der Waals surface area contributed by atoms with Gasteiger partial charge in [0, 0.05) is 6.54 Å². The van der Waals surface area contributed by atoms with Crippen LogP contribution in [-0.2, 0) is 10.0 Å². The van der Waals surface area contributed by atoms with Gasteiger partial charge in [0.25, 0.3) is 0 Å². The predicted molar refractivity (Wildman–Crippen MR) is 71.7 cm³/mol. The summed E-state index contributed by atoms with van der Waals surface area (Å²) < 4.78 is 65.9. The van der Waals surface area contributed by atoms with Crippen molar-refractivity contribution in [3.8, 4) is 5.75 Å². The highest BCUT2D eigenvalue weighted by molar-refractivity contribution is 7.89. The van der Waals surface area contributed by atoms with Gasteiger partial charge in [-0.25, -0.2) is 13.1 Å². The van der Waals surface area contributed by atoms with Crippen molar-refractivity contribution in [2.45, 2.75) is 36.6 Å². The second-order valence-electron chi connectivity index (χ2n) is 5.11. The van der Waals surface area contributed by atoms with Crippen LogP contribution in [0.15, 0.2) is 29.2 Å². The Morgan fingerprint density at radius 1 is 1.27 bits per heavy atom. The molecule has 22 heavy (non-hydrogen) atoms. The van der Waals surface area contributed by atoms with Gasteiger partial charge >= 0.3 is 6.36 Å².